The third-order valence-electron chi connectivity index (χ3n) is 3.27. The lowest BCUT2D eigenvalue weighted by molar-refractivity contribution is -0.137. The summed E-state index contributed by atoms with van der Waals surface area (Å²) in [4.78, 5) is 15.8. The lowest BCUT2D eigenvalue weighted by atomic mass is 10.1. The third kappa shape index (κ3) is 3.45. The van der Waals surface area contributed by atoms with Gasteiger partial charge in [-0.3, -0.25) is 4.79 Å². The number of rotatable bonds is 3. The van der Waals surface area contributed by atoms with Crippen molar-refractivity contribution in [2.75, 3.05) is 5.32 Å². The molecule has 0 spiro atoms. The fourth-order valence-electron chi connectivity index (χ4n) is 2.16. The predicted octanol–water partition coefficient (Wildman–Crippen LogP) is 4.61. The van der Waals surface area contributed by atoms with Crippen molar-refractivity contribution in [2.24, 2.45) is 0 Å². The van der Waals surface area contributed by atoms with E-state index in [1.165, 1.54) is 12.3 Å². The topological polar surface area (TPSA) is 55.1 Å². The van der Waals surface area contributed by atoms with Gasteiger partial charge in [0.25, 0.3) is 5.91 Å². The van der Waals surface area contributed by atoms with Crippen LogP contribution in [-0.4, -0.2) is 10.9 Å². The Kier molecular flexibility index (Phi) is 4.07. The number of nitrogens with zero attached hydrogens (tertiary/aromatic N) is 1. The predicted molar refractivity (Wildman–Crippen MR) is 81.3 cm³/mol. The van der Waals surface area contributed by atoms with E-state index >= 15 is 0 Å². The molecule has 2 aromatic carbocycles. The van der Waals surface area contributed by atoms with E-state index in [0.717, 1.165) is 18.5 Å². The number of anilines is 1. The van der Waals surface area contributed by atoms with Gasteiger partial charge in [-0.1, -0.05) is 18.2 Å². The maximum absolute atomic E-state index is 13.1. The van der Waals surface area contributed by atoms with Crippen LogP contribution in [0.5, 0.6) is 0 Å². The number of carbonyl (C=O) groups is 1. The monoisotopic (exact) mass is 332 g/mol. The summed E-state index contributed by atoms with van der Waals surface area (Å²) in [7, 11) is 0. The highest BCUT2D eigenvalue weighted by Crippen LogP contribution is 2.35. The molecule has 24 heavy (non-hydrogen) atoms. The molecule has 1 N–H and O–H groups in total. The molecule has 0 fully saturated rings. The maximum Gasteiger partial charge on any atom is 0.416 e. The molecule has 3 aromatic rings. The highest BCUT2D eigenvalue weighted by Gasteiger charge is 2.31. The fourth-order valence-corrected chi connectivity index (χ4v) is 2.16. The van der Waals surface area contributed by atoms with Gasteiger partial charge in [-0.05, 0) is 30.3 Å². The van der Waals surface area contributed by atoms with Crippen LogP contribution in [0.2, 0.25) is 0 Å². The van der Waals surface area contributed by atoms with Gasteiger partial charge in [-0.25, -0.2) is 4.98 Å². The van der Waals surface area contributed by atoms with Gasteiger partial charge in [0.2, 0.25) is 0 Å². The number of hydrogen-bond donors (Lipinski definition) is 1. The Hall–Kier alpha value is -3.09. The first-order valence-electron chi connectivity index (χ1n) is 6.91. The van der Waals surface area contributed by atoms with Crippen LogP contribution in [0.25, 0.3) is 11.3 Å². The Morgan fingerprint density at radius 1 is 1.08 bits per heavy atom. The standard InChI is InChI=1S/C17H11F3N2O2/c18-17(19,20)13-6-12(15-9-21-10-24-15)7-14(8-13)22-16(23)11-4-2-1-3-5-11/h1-10H,(H,22,23). The number of carbonyl (C=O) groups excluding carboxylic acids is 1. The second kappa shape index (κ2) is 6.19. The summed E-state index contributed by atoms with van der Waals surface area (Å²) in [6, 6.07) is 11.4. The summed E-state index contributed by atoms with van der Waals surface area (Å²) >= 11 is 0. The van der Waals surface area contributed by atoms with Gasteiger partial charge in [0.05, 0.1) is 11.8 Å². The summed E-state index contributed by atoms with van der Waals surface area (Å²) in [6.45, 7) is 0. The van der Waals surface area contributed by atoms with E-state index in [9.17, 15) is 18.0 Å². The van der Waals surface area contributed by atoms with Crippen LogP contribution < -0.4 is 5.32 Å². The van der Waals surface area contributed by atoms with Crippen molar-refractivity contribution in [2.45, 2.75) is 6.18 Å². The van der Waals surface area contributed by atoms with E-state index in [4.69, 9.17) is 4.42 Å². The minimum absolute atomic E-state index is 0.0186. The average molecular weight is 332 g/mol. The number of nitrogens with one attached hydrogen (secondary N) is 1. The molecular weight excluding hydrogens is 321 g/mol. The van der Waals surface area contributed by atoms with E-state index in [1.54, 1.807) is 30.3 Å². The van der Waals surface area contributed by atoms with Crippen molar-refractivity contribution in [3.8, 4) is 11.3 Å². The van der Waals surface area contributed by atoms with E-state index in [0.29, 0.717) is 5.56 Å². The van der Waals surface area contributed by atoms with Gasteiger partial charge in [-0.2, -0.15) is 13.2 Å². The molecule has 7 heteroatoms. The number of benzene rings is 2. The first kappa shape index (κ1) is 15.8. The summed E-state index contributed by atoms with van der Waals surface area (Å²) in [5, 5.41) is 2.47. The van der Waals surface area contributed by atoms with Gasteiger partial charge in [0.15, 0.2) is 12.2 Å². The Balaban J connectivity index is 1.98. The molecule has 0 saturated heterocycles. The molecule has 0 aliphatic heterocycles. The van der Waals surface area contributed by atoms with E-state index < -0.39 is 17.6 Å². The molecule has 0 aliphatic carbocycles. The van der Waals surface area contributed by atoms with Gasteiger partial charge in [0, 0.05) is 16.8 Å². The van der Waals surface area contributed by atoms with Crippen molar-refractivity contribution in [1.82, 2.24) is 4.98 Å². The summed E-state index contributed by atoms with van der Waals surface area (Å²) < 4.78 is 44.3. The molecule has 0 saturated carbocycles. The molecule has 122 valence electrons. The Morgan fingerprint density at radius 3 is 2.46 bits per heavy atom. The van der Waals surface area contributed by atoms with Crippen molar-refractivity contribution < 1.29 is 22.4 Å². The van der Waals surface area contributed by atoms with Crippen LogP contribution in [0.4, 0.5) is 18.9 Å². The molecular formula is C17H11F3N2O2. The third-order valence-corrected chi connectivity index (χ3v) is 3.27. The number of hydrogen-bond acceptors (Lipinski definition) is 3. The normalized spacial score (nSPS) is 11.3. The number of amides is 1. The first-order valence-corrected chi connectivity index (χ1v) is 6.91. The molecule has 0 bridgehead atoms. The fraction of sp³-hybridized carbons (Fsp3) is 0.0588. The maximum atomic E-state index is 13.1. The van der Waals surface area contributed by atoms with Crippen LogP contribution in [0.3, 0.4) is 0 Å². The lowest BCUT2D eigenvalue weighted by Crippen LogP contribution is -2.13. The van der Waals surface area contributed by atoms with Crippen molar-refractivity contribution in [3.63, 3.8) is 0 Å². The van der Waals surface area contributed by atoms with Crippen LogP contribution in [-0.2, 0) is 6.18 Å². The molecule has 1 aromatic heterocycles. The Morgan fingerprint density at radius 2 is 1.83 bits per heavy atom. The lowest BCUT2D eigenvalue weighted by Gasteiger charge is -2.12. The molecule has 0 atom stereocenters. The second-order valence-electron chi connectivity index (χ2n) is 4.98. The van der Waals surface area contributed by atoms with Crippen molar-refractivity contribution >= 4 is 11.6 Å². The SMILES string of the molecule is O=C(Nc1cc(-c2cnco2)cc(C(F)(F)F)c1)c1ccccc1. The first-order chi connectivity index (χ1) is 11.4. The van der Waals surface area contributed by atoms with Crippen molar-refractivity contribution in [1.29, 1.82) is 0 Å². The van der Waals surface area contributed by atoms with Crippen molar-refractivity contribution in [3.05, 3.63) is 72.2 Å². The van der Waals surface area contributed by atoms with Gasteiger partial charge >= 0.3 is 6.18 Å². The zero-order valence-electron chi connectivity index (χ0n) is 12.2. The molecule has 1 amide bonds. The van der Waals surface area contributed by atoms with E-state index in [1.807, 2.05) is 0 Å². The minimum Gasteiger partial charge on any atom is -0.444 e. The largest absolute Gasteiger partial charge is 0.444 e. The van der Waals surface area contributed by atoms with Crippen LogP contribution >= 0.6 is 0 Å². The summed E-state index contributed by atoms with van der Waals surface area (Å²) in [5.74, 6) is -0.324. The Bertz CT molecular complexity index is 844. The zero-order valence-corrected chi connectivity index (χ0v) is 12.2. The second-order valence-corrected chi connectivity index (χ2v) is 4.98. The number of oxazole rings is 1. The number of halogens is 3. The summed E-state index contributed by atoms with van der Waals surface area (Å²) in [6.07, 6.45) is -2.13. The quantitative estimate of drug-likeness (QED) is 0.762. The molecule has 3 rings (SSSR count). The number of alkyl halides is 3. The van der Waals surface area contributed by atoms with Crippen LogP contribution in [0.1, 0.15) is 15.9 Å². The molecule has 4 nitrogen and oxygen atoms in total. The number of aromatic nitrogens is 1. The van der Waals surface area contributed by atoms with E-state index in [2.05, 4.69) is 10.3 Å². The molecule has 0 aliphatic rings. The zero-order chi connectivity index (χ0) is 17.2. The van der Waals surface area contributed by atoms with Crippen LogP contribution in [0, 0.1) is 0 Å². The highest BCUT2D eigenvalue weighted by molar-refractivity contribution is 6.04. The Labute approximate surface area is 134 Å². The smallest absolute Gasteiger partial charge is 0.416 e. The highest BCUT2D eigenvalue weighted by atomic mass is 19.4. The molecule has 0 radical (unpaired) electrons. The van der Waals surface area contributed by atoms with Gasteiger partial charge < -0.3 is 9.73 Å². The summed E-state index contributed by atoms with van der Waals surface area (Å²) in [5.41, 5.74) is -0.355. The van der Waals surface area contributed by atoms with Crippen LogP contribution in [0.15, 0.2) is 65.5 Å². The van der Waals surface area contributed by atoms with E-state index in [-0.39, 0.29) is 17.0 Å². The molecule has 1 heterocycles. The minimum atomic E-state index is -4.55. The molecule has 0 unspecified atom stereocenters. The van der Waals surface area contributed by atoms with Gasteiger partial charge in [-0.15, -0.1) is 0 Å². The average Bonchev–Trinajstić information content (AvgIpc) is 3.09. The van der Waals surface area contributed by atoms with Gasteiger partial charge in [0.1, 0.15) is 0 Å².